The van der Waals surface area contributed by atoms with E-state index in [4.69, 9.17) is 16.3 Å². The van der Waals surface area contributed by atoms with Gasteiger partial charge in [-0.3, -0.25) is 4.79 Å². The lowest BCUT2D eigenvalue weighted by Crippen LogP contribution is -2.16. The van der Waals surface area contributed by atoms with Gasteiger partial charge in [0.05, 0.1) is 12.8 Å². The van der Waals surface area contributed by atoms with Crippen LogP contribution in [0, 0.1) is 20.8 Å². The molecular weight excluding hydrogens is 376 g/mol. The van der Waals surface area contributed by atoms with Gasteiger partial charge in [-0.05, 0) is 56.2 Å². The van der Waals surface area contributed by atoms with Gasteiger partial charge in [-0.25, -0.2) is 9.97 Å². The van der Waals surface area contributed by atoms with Gasteiger partial charge in [0, 0.05) is 16.8 Å². The number of amides is 1. The summed E-state index contributed by atoms with van der Waals surface area (Å²) in [7, 11) is 1.57. The lowest BCUT2D eigenvalue weighted by Gasteiger charge is -2.13. The number of benzene rings is 2. The third-order valence-electron chi connectivity index (χ3n) is 4.14. The summed E-state index contributed by atoms with van der Waals surface area (Å²) < 4.78 is 5.34. The topological polar surface area (TPSA) is 76.1 Å². The maximum Gasteiger partial charge on any atom is 0.274 e. The Labute approximate surface area is 168 Å². The number of rotatable bonds is 5. The number of aromatic nitrogens is 2. The smallest absolute Gasteiger partial charge is 0.274 e. The van der Waals surface area contributed by atoms with Gasteiger partial charge in [-0.1, -0.05) is 23.7 Å². The molecule has 28 heavy (non-hydrogen) atoms. The van der Waals surface area contributed by atoms with Crippen molar-refractivity contribution in [2.75, 3.05) is 17.7 Å². The number of aryl methyl sites for hydroxylation is 3. The van der Waals surface area contributed by atoms with Crippen LogP contribution in [0.5, 0.6) is 5.75 Å². The zero-order valence-electron chi connectivity index (χ0n) is 16.1. The molecule has 0 radical (unpaired) electrons. The van der Waals surface area contributed by atoms with Crippen LogP contribution in [0.3, 0.4) is 0 Å². The summed E-state index contributed by atoms with van der Waals surface area (Å²) in [5, 5.41) is 6.62. The van der Waals surface area contributed by atoms with E-state index in [0.29, 0.717) is 28.1 Å². The van der Waals surface area contributed by atoms with Crippen molar-refractivity contribution in [3.63, 3.8) is 0 Å². The van der Waals surface area contributed by atoms with Crippen molar-refractivity contribution < 1.29 is 9.53 Å². The Kier molecular flexibility index (Phi) is 5.80. The molecule has 0 fully saturated rings. The van der Waals surface area contributed by atoms with Gasteiger partial charge in [0.1, 0.15) is 23.1 Å². The maximum absolute atomic E-state index is 12.7. The number of hydrogen-bond donors (Lipinski definition) is 2. The highest BCUT2D eigenvalue weighted by atomic mass is 35.5. The first-order valence-electron chi connectivity index (χ1n) is 8.70. The van der Waals surface area contributed by atoms with E-state index < -0.39 is 0 Å². The van der Waals surface area contributed by atoms with Crippen LogP contribution in [-0.4, -0.2) is 23.0 Å². The molecule has 0 saturated carbocycles. The first kappa shape index (κ1) is 19.6. The van der Waals surface area contributed by atoms with Gasteiger partial charge in [-0.15, -0.1) is 0 Å². The Morgan fingerprint density at radius 2 is 1.79 bits per heavy atom. The molecule has 0 unspecified atom stereocenters. The number of carbonyl (C=O) groups excluding carboxylic acids is 1. The number of nitrogens with zero attached hydrogens (tertiary/aromatic N) is 2. The van der Waals surface area contributed by atoms with Crippen LogP contribution in [0.1, 0.15) is 27.4 Å². The molecular formula is C21H21ClN4O2. The maximum atomic E-state index is 12.7. The van der Waals surface area contributed by atoms with Crippen LogP contribution in [0.4, 0.5) is 17.2 Å². The number of nitrogens with one attached hydrogen (secondary N) is 2. The van der Waals surface area contributed by atoms with Gasteiger partial charge in [0.15, 0.2) is 0 Å². The molecule has 3 rings (SSSR count). The SMILES string of the molecule is COc1ccc(Cl)cc1Nc1cc(C(=O)Nc2cc(C)ccc2C)nc(C)n1. The van der Waals surface area contributed by atoms with Gasteiger partial charge >= 0.3 is 0 Å². The third kappa shape index (κ3) is 4.58. The van der Waals surface area contributed by atoms with Crippen LogP contribution in [0.25, 0.3) is 0 Å². The molecule has 0 spiro atoms. The van der Waals surface area contributed by atoms with Crippen LogP contribution in [-0.2, 0) is 0 Å². The summed E-state index contributed by atoms with van der Waals surface area (Å²) in [5.41, 5.74) is 3.71. The monoisotopic (exact) mass is 396 g/mol. The van der Waals surface area contributed by atoms with Crippen LogP contribution in [0.2, 0.25) is 5.02 Å². The molecule has 0 aliphatic carbocycles. The number of anilines is 3. The average Bonchev–Trinajstić information content (AvgIpc) is 2.64. The zero-order valence-corrected chi connectivity index (χ0v) is 16.9. The highest BCUT2D eigenvalue weighted by Crippen LogP contribution is 2.30. The average molecular weight is 397 g/mol. The zero-order chi connectivity index (χ0) is 20.3. The molecule has 0 saturated heterocycles. The minimum atomic E-state index is -0.305. The largest absolute Gasteiger partial charge is 0.495 e. The molecule has 3 aromatic rings. The van der Waals surface area contributed by atoms with E-state index in [9.17, 15) is 4.79 Å². The number of ether oxygens (including phenoxy) is 1. The summed E-state index contributed by atoms with van der Waals surface area (Å²) in [4.78, 5) is 21.4. The van der Waals surface area contributed by atoms with E-state index in [1.807, 2.05) is 32.0 Å². The number of halogens is 1. The van der Waals surface area contributed by atoms with Gasteiger partial charge in [-0.2, -0.15) is 0 Å². The molecule has 2 N–H and O–H groups in total. The summed E-state index contributed by atoms with van der Waals surface area (Å²) in [6.07, 6.45) is 0. The van der Waals surface area contributed by atoms with Gasteiger partial charge < -0.3 is 15.4 Å². The molecule has 0 bridgehead atoms. The standard InChI is InChI=1S/C21H21ClN4O2/c1-12-5-6-13(2)16(9-12)26-21(27)18-11-20(24-14(3)23-18)25-17-10-15(22)7-8-19(17)28-4/h5-11H,1-4H3,(H,26,27)(H,23,24,25). The van der Waals surface area contributed by atoms with Crippen molar-refractivity contribution in [2.45, 2.75) is 20.8 Å². The number of carbonyl (C=O) groups is 1. The van der Waals surface area contributed by atoms with E-state index >= 15 is 0 Å². The minimum absolute atomic E-state index is 0.261. The normalized spacial score (nSPS) is 10.5. The molecule has 144 valence electrons. The van der Waals surface area contributed by atoms with Crippen molar-refractivity contribution in [3.8, 4) is 5.75 Å². The minimum Gasteiger partial charge on any atom is -0.495 e. The Morgan fingerprint density at radius 3 is 2.54 bits per heavy atom. The van der Waals surface area contributed by atoms with Gasteiger partial charge in [0.25, 0.3) is 5.91 Å². The lowest BCUT2D eigenvalue weighted by atomic mass is 10.1. The highest BCUT2D eigenvalue weighted by Gasteiger charge is 2.13. The van der Waals surface area contributed by atoms with Crippen molar-refractivity contribution in [3.05, 3.63) is 70.1 Å². The van der Waals surface area contributed by atoms with E-state index in [-0.39, 0.29) is 11.6 Å². The van der Waals surface area contributed by atoms with E-state index in [1.54, 1.807) is 38.3 Å². The summed E-state index contributed by atoms with van der Waals surface area (Å²) in [6.45, 7) is 5.65. The molecule has 1 heterocycles. The molecule has 6 nitrogen and oxygen atoms in total. The Hall–Kier alpha value is -3.12. The van der Waals surface area contributed by atoms with Crippen molar-refractivity contribution >= 4 is 34.7 Å². The molecule has 0 atom stereocenters. The van der Waals surface area contributed by atoms with Crippen LogP contribution >= 0.6 is 11.6 Å². The van der Waals surface area contributed by atoms with E-state index in [2.05, 4.69) is 20.6 Å². The fraction of sp³-hybridized carbons (Fsp3) is 0.190. The fourth-order valence-electron chi connectivity index (χ4n) is 2.72. The van der Waals surface area contributed by atoms with Crippen LogP contribution in [0.15, 0.2) is 42.5 Å². The second-order valence-electron chi connectivity index (χ2n) is 6.43. The summed E-state index contributed by atoms with van der Waals surface area (Å²) in [6, 6.07) is 12.7. The van der Waals surface area contributed by atoms with Crippen molar-refractivity contribution in [2.24, 2.45) is 0 Å². The highest BCUT2D eigenvalue weighted by molar-refractivity contribution is 6.31. The predicted molar refractivity (Wildman–Crippen MR) is 112 cm³/mol. The molecule has 1 amide bonds. The Morgan fingerprint density at radius 1 is 1.00 bits per heavy atom. The number of methoxy groups -OCH3 is 1. The molecule has 7 heteroatoms. The first-order valence-corrected chi connectivity index (χ1v) is 9.08. The summed E-state index contributed by atoms with van der Waals surface area (Å²) in [5.74, 6) is 1.25. The van der Waals surface area contributed by atoms with Crippen molar-refractivity contribution in [1.29, 1.82) is 0 Å². The molecule has 2 aromatic carbocycles. The van der Waals surface area contributed by atoms with Crippen LogP contribution < -0.4 is 15.4 Å². The Balaban J connectivity index is 1.88. The predicted octanol–water partition coefficient (Wildman–Crippen LogP) is 5.06. The van der Waals surface area contributed by atoms with Gasteiger partial charge in [0.2, 0.25) is 0 Å². The lowest BCUT2D eigenvalue weighted by molar-refractivity contribution is 0.102. The molecule has 0 aliphatic rings. The first-order chi connectivity index (χ1) is 13.4. The number of hydrogen-bond acceptors (Lipinski definition) is 5. The third-order valence-corrected chi connectivity index (χ3v) is 4.37. The van der Waals surface area contributed by atoms with Crippen molar-refractivity contribution in [1.82, 2.24) is 9.97 Å². The summed E-state index contributed by atoms with van der Waals surface area (Å²) >= 11 is 6.08. The van der Waals surface area contributed by atoms with E-state index in [1.165, 1.54) is 0 Å². The molecule has 1 aromatic heterocycles. The second kappa shape index (κ2) is 8.27. The molecule has 0 aliphatic heterocycles. The van der Waals surface area contributed by atoms with E-state index in [0.717, 1.165) is 16.8 Å². The Bertz CT molecular complexity index is 1040. The fourth-order valence-corrected chi connectivity index (χ4v) is 2.89. The second-order valence-corrected chi connectivity index (χ2v) is 6.86. The quantitative estimate of drug-likeness (QED) is 0.630.